The first-order valence-electron chi connectivity index (χ1n) is 7.00. The number of nitrogens with one attached hydrogen (secondary N) is 1. The third-order valence-electron chi connectivity index (χ3n) is 3.62. The maximum Gasteiger partial charge on any atom is 0.256 e. The van der Waals surface area contributed by atoms with E-state index in [1.807, 2.05) is 0 Å². The van der Waals surface area contributed by atoms with Crippen LogP contribution < -0.4 is 11.1 Å². The van der Waals surface area contributed by atoms with Crippen LogP contribution >= 0.6 is 0 Å². The Morgan fingerprint density at radius 1 is 1.43 bits per heavy atom. The average molecular weight is 293 g/mol. The molecule has 0 bridgehead atoms. The number of amides is 2. The summed E-state index contributed by atoms with van der Waals surface area (Å²) >= 11 is 0. The quantitative estimate of drug-likeness (QED) is 0.811. The molecule has 1 aromatic rings. The van der Waals surface area contributed by atoms with Gasteiger partial charge in [-0.3, -0.25) is 9.59 Å². The monoisotopic (exact) mass is 293 g/mol. The van der Waals surface area contributed by atoms with Crippen molar-refractivity contribution in [2.24, 2.45) is 0 Å². The van der Waals surface area contributed by atoms with Gasteiger partial charge < -0.3 is 16.0 Å². The number of halogens is 1. The van der Waals surface area contributed by atoms with Gasteiger partial charge in [-0.2, -0.15) is 0 Å². The summed E-state index contributed by atoms with van der Waals surface area (Å²) in [5.74, 6) is -1.03. The summed E-state index contributed by atoms with van der Waals surface area (Å²) in [6.07, 6.45) is 1.60. The van der Waals surface area contributed by atoms with Crippen LogP contribution in [-0.2, 0) is 4.79 Å². The van der Waals surface area contributed by atoms with Crippen molar-refractivity contribution >= 4 is 17.5 Å². The Labute approximate surface area is 123 Å². The molecule has 0 saturated carbocycles. The van der Waals surface area contributed by atoms with Crippen LogP contribution in [0, 0.1) is 12.7 Å². The molecule has 2 rings (SSSR count). The predicted molar refractivity (Wildman–Crippen MR) is 78.3 cm³/mol. The number of likely N-dealkylation sites (tertiary alicyclic amines) is 1. The molecule has 0 aliphatic carbocycles. The Bertz CT molecular complexity index is 574. The molecule has 6 heteroatoms. The Kier molecular flexibility index (Phi) is 4.45. The van der Waals surface area contributed by atoms with Gasteiger partial charge in [0.15, 0.2) is 0 Å². The molecule has 0 radical (unpaired) electrons. The number of carbonyl (C=O) groups excluding carboxylic acids is 2. The fourth-order valence-electron chi connectivity index (χ4n) is 2.69. The van der Waals surface area contributed by atoms with Crippen molar-refractivity contribution in [3.8, 4) is 0 Å². The molecule has 1 unspecified atom stereocenters. The number of piperidine rings is 1. The van der Waals surface area contributed by atoms with Crippen LogP contribution in [0.15, 0.2) is 12.1 Å². The Hall–Kier alpha value is -2.11. The molecule has 1 aromatic carbocycles. The van der Waals surface area contributed by atoms with Gasteiger partial charge in [0.2, 0.25) is 5.91 Å². The summed E-state index contributed by atoms with van der Waals surface area (Å²) in [7, 11) is 0. The Morgan fingerprint density at radius 3 is 2.81 bits per heavy atom. The van der Waals surface area contributed by atoms with Gasteiger partial charge in [-0.05, 0) is 37.5 Å². The fraction of sp³-hybridized carbons (Fsp3) is 0.467. The molecular weight excluding hydrogens is 273 g/mol. The van der Waals surface area contributed by atoms with Crippen LogP contribution in [0.1, 0.15) is 35.7 Å². The first-order valence-corrected chi connectivity index (χ1v) is 7.00. The summed E-state index contributed by atoms with van der Waals surface area (Å²) < 4.78 is 14.1. The summed E-state index contributed by atoms with van der Waals surface area (Å²) in [6.45, 7) is 3.98. The van der Waals surface area contributed by atoms with Crippen LogP contribution in [0.4, 0.5) is 10.1 Å². The highest BCUT2D eigenvalue weighted by molar-refractivity contribution is 5.95. The first kappa shape index (κ1) is 15.3. The summed E-state index contributed by atoms with van der Waals surface area (Å²) in [5.41, 5.74) is 6.41. The van der Waals surface area contributed by atoms with Crippen molar-refractivity contribution < 1.29 is 14.0 Å². The molecule has 0 aromatic heterocycles. The van der Waals surface area contributed by atoms with E-state index in [-0.39, 0.29) is 23.4 Å². The van der Waals surface area contributed by atoms with Gasteiger partial charge in [0.1, 0.15) is 5.82 Å². The standard InChI is InChI=1S/C15H20FN3O2/c1-9-6-11(17)7-13(14(9)16)15(21)19-5-3-4-12(8-19)18-10(2)20/h6-7,12H,3-5,8,17H2,1-2H3,(H,18,20). The van der Waals surface area contributed by atoms with Crippen LogP contribution in [0.2, 0.25) is 0 Å². The maximum absolute atomic E-state index is 14.1. The van der Waals surface area contributed by atoms with Gasteiger partial charge in [-0.1, -0.05) is 0 Å². The average Bonchev–Trinajstić information content (AvgIpc) is 2.41. The topological polar surface area (TPSA) is 75.4 Å². The number of aryl methyl sites for hydroxylation is 1. The van der Waals surface area contributed by atoms with E-state index in [9.17, 15) is 14.0 Å². The van der Waals surface area contributed by atoms with E-state index in [2.05, 4.69) is 5.32 Å². The second-order valence-electron chi connectivity index (χ2n) is 5.49. The number of nitrogen functional groups attached to an aromatic ring is 1. The van der Waals surface area contributed by atoms with E-state index in [0.29, 0.717) is 24.3 Å². The fourth-order valence-corrected chi connectivity index (χ4v) is 2.69. The molecule has 3 N–H and O–H groups in total. The molecule has 1 heterocycles. The zero-order chi connectivity index (χ0) is 15.6. The molecule has 2 amide bonds. The van der Waals surface area contributed by atoms with E-state index >= 15 is 0 Å². The van der Waals surface area contributed by atoms with E-state index in [1.54, 1.807) is 11.8 Å². The summed E-state index contributed by atoms with van der Waals surface area (Å²) in [5, 5.41) is 2.80. The van der Waals surface area contributed by atoms with Crippen LogP contribution in [0.5, 0.6) is 0 Å². The summed E-state index contributed by atoms with van der Waals surface area (Å²) in [6, 6.07) is 2.79. The van der Waals surface area contributed by atoms with Crippen LogP contribution in [-0.4, -0.2) is 35.8 Å². The van der Waals surface area contributed by atoms with E-state index in [0.717, 1.165) is 12.8 Å². The number of hydrogen-bond acceptors (Lipinski definition) is 3. The molecule has 1 fully saturated rings. The van der Waals surface area contributed by atoms with Gasteiger partial charge >= 0.3 is 0 Å². The first-order chi connectivity index (χ1) is 9.88. The van der Waals surface area contributed by atoms with Crippen LogP contribution in [0.3, 0.4) is 0 Å². The normalized spacial score (nSPS) is 18.4. The van der Waals surface area contributed by atoms with Gasteiger partial charge in [0.25, 0.3) is 5.91 Å². The minimum absolute atomic E-state index is 0.00373. The molecule has 5 nitrogen and oxygen atoms in total. The molecule has 114 valence electrons. The second-order valence-corrected chi connectivity index (χ2v) is 5.49. The lowest BCUT2D eigenvalue weighted by Crippen LogP contribution is -2.49. The number of nitrogens with two attached hydrogens (primary N) is 1. The third-order valence-corrected chi connectivity index (χ3v) is 3.62. The number of benzene rings is 1. The van der Waals surface area contributed by atoms with Crippen molar-refractivity contribution in [2.45, 2.75) is 32.7 Å². The number of anilines is 1. The molecular formula is C15H20FN3O2. The van der Waals surface area contributed by atoms with Gasteiger partial charge in [0, 0.05) is 31.7 Å². The number of nitrogens with zero attached hydrogens (tertiary/aromatic N) is 1. The minimum atomic E-state index is -0.532. The van der Waals surface area contributed by atoms with Gasteiger partial charge in [0.05, 0.1) is 5.56 Å². The van der Waals surface area contributed by atoms with Crippen LogP contribution in [0.25, 0.3) is 0 Å². The highest BCUT2D eigenvalue weighted by Crippen LogP contribution is 2.21. The van der Waals surface area contributed by atoms with Crippen molar-refractivity contribution in [2.75, 3.05) is 18.8 Å². The lowest BCUT2D eigenvalue weighted by Gasteiger charge is -2.33. The van der Waals surface area contributed by atoms with Crippen molar-refractivity contribution in [3.63, 3.8) is 0 Å². The Balaban J connectivity index is 2.18. The molecule has 1 saturated heterocycles. The smallest absolute Gasteiger partial charge is 0.256 e. The molecule has 0 spiro atoms. The second kappa shape index (κ2) is 6.11. The van der Waals surface area contributed by atoms with E-state index < -0.39 is 5.82 Å². The maximum atomic E-state index is 14.1. The van der Waals surface area contributed by atoms with Gasteiger partial charge in [-0.25, -0.2) is 4.39 Å². The summed E-state index contributed by atoms with van der Waals surface area (Å²) in [4.78, 5) is 25.2. The van der Waals surface area contributed by atoms with Crippen molar-refractivity contribution in [1.29, 1.82) is 0 Å². The number of hydrogen-bond donors (Lipinski definition) is 2. The number of carbonyl (C=O) groups is 2. The Morgan fingerprint density at radius 2 is 2.14 bits per heavy atom. The SMILES string of the molecule is CC(=O)NC1CCCN(C(=O)c2cc(N)cc(C)c2F)C1. The third kappa shape index (κ3) is 3.51. The molecule has 1 atom stereocenters. The van der Waals surface area contributed by atoms with Crippen molar-refractivity contribution in [1.82, 2.24) is 10.2 Å². The molecule has 1 aliphatic heterocycles. The molecule has 1 aliphatic rings. The lowest BCUT2D eigenvalue weighted by atomic mass is 10.0. The predicted octanol–water partition coefficient (Wildman–Crippen LogP) is 1.46. The highest BCUT2D eigenvalue weighted by Gasteiger charge is 2.27. The number of rotatable bonds is 2. The zero-order valence-corrected chi connectivity index (χ0v) is 12.3. The highest BCUT2D eigenvalue weighted by atomic mass is 19.1. The van der Waals surface area contributed by atoms with Crippen molar-refractivity contribution in [3.05, 3.63) is 29.1 Å². The molecule has 21 heavy (non-hydrogen) atoms. The minimum Gasteiger partial charge on any atom is -0.399 e. The van der Waals surface area contributed by atoms with E-state index in [4.69, 9.17) is 5.73 Å². The largest absolute Gasteiger partial charge is 0.399 e. The zero-order valence-electron chi connectivity index (χ0n) is 12.3. The lowest BCUT2D eigenvalue weighted by molar-refractivity contribution is -0.120. The van der Waals surface area contributed by atoms with Gasteiger partial charge in [-0.15, -0.1) is 0 Å². The van der Waals surface area contributed by atoms with E-state index in [1.165, 1.54) is 19.1 Å².